The first-order chi connectivity index (χ1) is 12.5. The van der Waals surface area contributed by atoms with E-state index < -0.39 is 0 Å². The Morgan fingerprint density at radius 2 is 1.50 bits per heavy atom. The number of nitrogens with one attached hydrogen (secondary N) is 1. The molecule has 1 aromatic heterocycles. The molecule has 2 fully saturated rings. The average Bonchev–Trinajstić information content (AvgIpc) is 2.68. The Bertz CT molecular complexity index is 585. The molecule has 2 saturated heterocycles. The number of hydrazine groups is 1. The monoisotopic (exact) mass is 429 g/mol. The van der Waals surface area contributed by atoms with E-state index >= 15 is 0 Å². The number of alkyl halides is 1. The fourth-order valence-electron chi connectivity index (χ4n) is 2.61. The number of ether oxygens (including phenoxy) is 2. The number of hydrogen-bond acceptors (Lipinski definition) is 9. The Morgan fingerprint density at radius 1 is 1.04 bits per heavy atom. The number of morpholine rings is 2. The van der Waals surface area contributed by atoms with Gasteiger partial charge in [-0.3, -0.25) is 15.2 Å². The van der Waals surface area contributed by atoms with Crippen molar-refractivity contribution in [3.8, 4) is 0 Å². The van der Waals surface area contributed by atoms with Crippen LogP contribution in [0.3, 0.4) is 0 Å². The van der Waals surface area contributed by atoms with Crippen LogP contribution in [0.4, 0.5) is 17.8 Å². The largest absolute Gasteiger partial charge is 0.378 e. The van der Waals surface area contributed by atoms with Gasteiger partial charge in [0.25, 0.3) is 11.9 Å². The molecule has 0 aromatic carbocycles. The number of aromatic nitrogens is 3. The van der Waals surface area contributed by atoms with Crippen molar-refractivity contribution in [3.05, 3.63) is 0 Å². The third kappa shape index (κ3) is 4.71. The molecule has 1 atom stereocenters. The number of amides is 1. The van der Waals surface area contributed by atoms with Gasteiger partial charge in [0.05, 0.1) is 31.3 Å². The predicted octanol–water partition coefficient (Wildman–Crippen LogP) is -0.204. The molecule has 0 spiro atoms. The van der Waals surface area contributed by atoms with Crippen LogP contribution in [0, 0.1) is 0 Å². The van der Waals surface area contributed by atoms with Crippen molar-refractivity contribution in [2.45, 2.75) is 11.8 Å². The zero-order chi connectivity index (χ0) is 18.5. The van der Waals surface area contributed by atoms with Gasteiger partial charge in [-0.1, -0.05) is 15.9 Å². The van der Waals surface area contributed by atoms with Gasteiger partial charge in [0.2, 0.25) is 11.9 Å². The van der Waals surface area contributed by atoms with Gasteiger partial charge in [-0.15, -0.1) is 0 Å². The van der Waals surface area contributed by atoms with Gasteiger partial charge in [-0.2, -0.15) is 15.0 Å². The third-order valence-electron chi connectivity index (χ3n) is 4.13. The van der Waals surface area contributed by atoms with E-state index in [0.29, 0.717) is 44.3 Å². The summed E-state index contributed by atoms with van der Waals surface area (Å²) in [5.41, 5.74) is 2.76. The second-order valence-corrected chi connectivity index (χ2v) is 7.46. The van der Waals surface area contributed by atoms with Crippen molar-refractivity contribution >= 4 is 39.7 Å². The molecule has 2 aliphatic heterocycles. The first-order valence-corrected chi connectivity index (χ1v) is 9.56. The smallest absolute Gasteiger partial charge is 0.252 e. The maximum Gasteiger partial charge on any atom is 0.252 e. The number of carbonyl (C=O) groups excluding carboxylic acids is 1. The van der Waals surface area contributed by atoms with E-state index in [1.807, 2.05) is 0 Å². The third-order valence-corrected chi connectivity index (χ3v) is 4.54. The van der Waals surface area contributed by atoms with Crippen LogP contribution >= 0.6 is 15.9 Å². The quantitative estimate of drug-likeness (QED) is 0.503. The summed E-state index contributed by atoms with van der Waals surface area (Å²) in [5, 5.41) is 1.52. The van der Waals surface area contributed by atoms with Crippen molar-refractivity contribution in [2.24, 2.45) is 0 Å². The molecule has 1 amide bonds. The maximum absolute atomic E-state index is 12.0. The average molecular weight is 430 g/mol. The molecule has 1 aromatic rings. The second-order valence-electron chi connectivity index (χ2n) is 6.09. The zero-order valence-electron chi connectivity index (χ0n) is 15.0. The molecule has 0 bridgehead atoms. The summed E-state index contributed by atoms with van der Waals surface area (Å²) >= 11 is 3.26. The van der Waals surface area contributed by atoms with Crippen LogP contribution in [-0.4, -0.2) is 85.3 Å². The number of hydrogen-bond donors (Lipinski definition) is 1. The van der Waals surface area contributed by atoms with Crippen molar-refractivity contribution in [3.63, 3.8) is 0 Å². The summed E-state index contributed by atoms with van der Waals surface area (Å²) in [6.45, 7) is 7.21. The van der Waals surface area contributed by atoms with Crippen LogP contribution < -0.4 is 20.2 Å². The fraction of sp³-hybridized carbons (Fsp3) is 0.733. The van der Waals surface area contributed by atoms with E-state index in [-0.39, 0.29) is 10.7 Å². The van der Waals surface area contributed by atoms with Crippen LogP contribution in [0.2, 0.25) is 0 Å². The van der Waals surface area contributed by atoms with Gasteiger partial charge < -0.3 is 19.3 Å². The standard InChI is InChI=1S/C15H24BrN7O3/c1-11(16)12(24)20-21(2)13-17-14(22-3-7-25-8-4-22)19-15(18-13)23-5-9-26-10-6-23/h11H,3-10H2,1-2H3,(H,20,24). The molecule has 0 aliphatic carbocycles. The van der Waals surface area contributed by atoms with Crippen molar-refractivity contribution in [1.82, 2.24) is 20.4 Å². The van der Waals surface area contributed by atoms with Gasteiger partial charge in [-0.25, -0.2) is 0 Å². The molecule has 11 heteroatoms. The topological polar surface area (TPSA) is 96.0 Å². The first-order valence-electron chi connectivity index (χ1n) is 8.64. The number of halogens is 1. The SMILES string of the molecule is CC(Br)C(=O)NN(C)c1nc(N2CCOCC2)nc(N2CCOCC2)n1. The summed E-state index contributed by atoms with van der Waals surface area (Å²) < 4.78 is 10.8. The molecular formula is C15H24BrN7O3. The first kappa shape index (κ1) is 19.1. The lowest BCUT2D eigenvalue weighted by molar-refractivity contribution is -0.120. The van der Waals surface area contributed by atoms with E-state index in [1.165, 1.54) is 5.01 Å². The van der Waals surface area contributed by atoms with Crippen molar-refractivity contribution in [2.75, 3.05) is 74.5 Å². The molecular weight excluding hydrogens is 406 g/mol. The lowest BCUT2D eigenvalue weighted by Crippen LogP contribution is -2.45. The summed E-state index contributed by atoms with van der Waals surface area (Å²) in [7, 11) is 1.72. The Kier molecular flexibility index (Phi) is 6.43. The lowest BCUT2D eigenvalue weighted by Gasteiger charge is -2.31. The summed E-state index contributed by atoms with van der Waals surface area (Å²) in [5.74, 6) is 1.40. The number of anilines is 3. The minimum atomic E-state index is -0.316. The molecule has 1 N–H and O–H groups in total. The van der Waals surface area contributed by atoms with Gasteiger partial charge in [0.1, 0.15) is 0 Å². The van der Waals surface area contributed by atoms with Gasteiger partial charge in [0.15, 0.2) is 0 Å². The highest BCUT2D eigenvalue weighted by Crippen LogP contribution is 2.19. The van der Waals surface area contributed by atoms with Crippen LogP contribution in [0.15, 0.2) is 0 Å². The normalized spacial score (nSPS) is 19.2. The minimum absolute atomic E-state index is 0.172. The van der Waals surface area contributed by atoms with E-state index in [9.17, 15) is 4.79 Å². The zero-order valence-corrected chi connectivity index (χ0v) is 16.6. The van der Waals surface area contributed by atoms with E-state index in [4.69, 9.17) is 9.47 Å². The van der Waals surface area contributed by atoms with Crippen molar-refractivity contribution < 1.29 is 14.3 Å². The molecule has 0 saturated carbocycles. The molecule has 10 nitrogen and oxygen atoms in total. The Labute approximate surface area is 161 Å². The molecule has 1 unspecified atom stereocenters. The minimum Gasteiger partial charge on any atom is -0.378 e. The second kappa shape index (κ2) is 8.78. The summed E-state index contributed by atoms with van der Waals surface area (Å²) in [4.78, 5) is 29.5. The molecule has 26 heavy (non-hydrogen) atoms. The van der Waals surface area contributed by atoms with Gasteiger partial charge in [0, 0.05) is 33.2 Å². The maximum atomic E-state index is 12.0. The summed E-state index contributed by atoms with van der Waals surface area (Å²) in [6, 6.07) is 0. The fourth-order valence-corrected chi connectivity index (χ4v) is 2.71. The molecule has 0 radical (unpaired) electrons. The highest BCUT2D eigenvalue weighted by Gasteiger charge is 2.22. The van der Waals surface area contributed by atoms with Crippen LogP contribution in [0.25, 0.3) is 0 Å². The highest BCUT2D eigenvalue weighted by molar-refractivity contribution is 9.10. The van der Waals surface area contributed by atoms with Crippen molar-refractivity contribution in [1.29, 1.82) is 0 Å². The molecule has 3 heterocycles. The molecule has 2 aliphatic rings. The number of nitrogens with zero attached hydrogens (tertiary/aromatic N) is 6. The van der Waals surface area contributed by atoms with Gasteiger partial charge in [-0.05, 0) is 6.92 Å². The van der Waals surface area contributed by atoms with Gasteiger partial charge >= 0.3 is 0 Å². The van der Waals surface area contributed by atoms with E-state index in [2.05, 4.69) is 46.1 Å². The van der Waals surface area contributed by atoms with E-state index in [0.717, 1.165) is 26.2 Å². The molecule has 3 rings (SSSR count). The summed E-state index contributed by atoms with van der Waals surface area (Å²) in [6.07, 6.45) is 0. The predicted molar refractivity (Wildman–Crippen MR) is 101 cm³/mol. The number of rotatable bonds is 5. The Balaban J connectivity index is 1.87. The van der Waals surface area contributed by atoms with E-state index in [1.54, 1.807) is 14.0 Å². The Morgan fingerprint density at radius 3 is 1.92 bits per heavy atom. The number of carbonyl (C=O) groups is 1. The highest BCUT2D eigenvalue weighted by atomic mass is 79.9. The van der Waals surface area contributed by atoms with Crippen LogP contribution in [-0.2, 0) is 14.3 Å². The molecule has 144 valence electrons. The van der Waals surface area contributed by atoms with Crippen LogP contribution in [0.5, 0.6) is 0 Å². The van der Waals surface area contributed by atoms with Crippen LogP contribution in [0.1, 0.15) is 6.92 Å². The Hall–Kier alpha value is -1.72. The lowest BCUT2D eigenvalue weighted by atomic mass is 10.4.